The fourth-order valence-corrected chi connectivity index (χ4v) is 0.816. The second-order valence-corrected chi connectivity index (χ2v) is 2.44. The van der Waals surface area contributed by atoms with Crippen molar-refractivity contribution in [2.45, 2.75) is 6.18 Å². The molecule has 0 fully saturated rings. The number of hydrogen-bond acceptors (Lipinski definition) is 3. The van der Waals surface area contributed by atoms with E-state index in [1.807, 2.05) is 0 Å². The Balaban J connectivity index is 3.29. The van der Waals surface area contributed by atoms with Crippen LogP contribution in [-0.4, -0.2) is 16.1 Å². The van der Waals surface area contributed by atoms with Crippen LogP contribution in [0.4, 0.5) is 18.9 Å². The van der Waals surface area contributed by atoms with Gasteiger partial charge in [0.2, 0.25) is 0 Å². The van der Waals surface area contributed by atoms with Gasteiger partial charge in [0.05, 0.1) is 5.69 Å². The van der Waals surface area contributed by atoms with E-state index in [4.69, 9.17) is 10.8 Å². The van der Waals surface area contributed by atoms with E-state index in [0.29, 0.717) is 0 Å². The lowest BCUT2D eigenvalue weighted by molar-refractivity contribution is -0.140. The van der Waals surface area contributed by atoms with Gasteiger partial charge in [-0.15, -0.1) is 0 Å². The largest absolute Gasteiger partial charge is 0.477 e. The first-order chi connectivity index (χ1) is 6.32. The van der Waals surface area contributed by atoms with E-state index in [2.05, 4.69) is 4.98 Å². The molecule has 1 aromatic rings. The van der Waals surface area contributed by atoms with Crippen molar-refractivity contribution in [2.24, 2.45) is 0 Å². The molecular formula is C7H5F3N2O2. The van der Waals surface area contributed by atoms with Gasteiger partial charge in [0, 0.05) is 0 Å². The first-order valence-corrected chi connectivity index (χ1v) is 3.39. The maximum atomic E-state index is 12.2. The summed E-state index contributed by atoms with van der Waals surface area (Å²) in [7, 11) is 0. The van der Waals surface area contributed by atoms with Crippen LogP contribution in [0.2, 0.25) is 0 Å². The molecule has 7 heteroatoms. The average molecular weight is 206 g/mol. The van der Waals surface area contributed by atoms with Crippen LogP contribution in [0.1, 0.15) is 16.2 Å². The topological polar surface area (TPSA) is 76.2 Å². The van der Waals surface area contributed by atoms with E-state index >= 15 is 0 Å². The summed E-state index contributed by atoms with van der Waals surface area (Å²) in [5, 5.41) is 8.40. The number of aromatic carboxylic acids is 1. The van der Waals surface area contributed by atoms with Crippen LogP contribution in [0.15, 0.2) is 12.1 Å². The highest BCUT2D eigenvalue weighted by Crippen LogP contribution is 2.31. The van der Waals surface area contributed by atoms with Gasteiger partial charge in [0.1, 0.15) is 5.69 Å². The SMILES string of the molecule is Nc1ccc(C(=O)O)nc1C(F)(F)F. The Hall–Kier alpha value is -1.79. The maximum Gasteiger partial charge on any atom is 0.435 e. The summed E-state index contributed by atoms with van der Waals surface area (Å²) >= 11 is 0. The zero-order chi connectivity index (χ0) is 10.9. The second kappa shape index (κ2) is 3.17. The highest BCUT2D eigenvalue weighted by Gasteiger charge is 2.35. The molecule has 0 aliphatic rings. The number of halogens is 3. The number of nitrogens with zero attached hydrogens (tertiary/aromatic N) is 1. The molecule has 0 saturated heterocycles. The third-order valence-corrected chi connectivity index (χ3v) is 1.41. The van der Waals surface area contributed by atoms with Gasteiger partial charge < -0.3 is 10.8 Å². The van der Waals surface area contributed by atoms with Crippen LogP contribution in [-0.2, 0) is 6.18 Å². The van der Waals surface area contributed by atoms with Crippen LogP contribution in [0.25, 0.3) is 0 Å². The molecule has 0 amide bonds. The molecule has 1 rings (SSSR count). The number of carboxylic acids is 1. The molecule has 4 nitrogen and oxygen atoms in total. The molecular weight excluding hydrogens is 201 g/mol. The van der Waals surface area contributed by atoms with E-state index in [9.17, 15) is 18.0 Å². The van der Waals surface area contributed by atoms with Crippen LogP contribution < -0.4 is 5.73 Å². The van der Waals surface area contributed by atoms with Crippen molar-refractivity contribution in [3.63, 3.8) is 0 Å². The molecule has 3 N–H and O–H groups in total. The third-order valence-electron chi connectivity index (χ3n) is 1.41. The molecule has 14 heavy (non-hydrogen) atoms. The van der Waals surface area contributed by atoms with Gasteiger partial charge in [0.15, 0.2) is 5.69 Å². The van der Waals surface area contributed by atoms with Crippen LogP contribution >= 0.6 is 0 Å². The summed E-state index contributed by atoms with van der Waals surface area (Å²) < 4.78 is 36.5. The van der Waals surface area contributed by atoms with Gasteiger partial charge >= 0.3 is 12.1 Å². The van der Waals surface area contributed by atoms with Crippen LogP contribution in [0, 0.1) is 0 Å². The number of carboxylic acid groups (broad SMARTS) is 1. The molecule has 1 aromatic heterocycles. The normalized spacial score (nSPS) is 11.4. The highest BCUT2D eigenvalue weighted by molar-refractivity contribution is 5.85. The van der Waals surface area contributed by atoms with E-state index in [1.54, 1.807) is 0 Å². The number of nitrogen functional groups attached to an aromatic ring is 1. The number of alkyl halides is 3. The molecule has 0 aliphatic carbocycles. The first-order valence-electron chi connectivity index (χ1n) is 3.39. The lowest BCUT2D eigenvalue weighted by atomic mass is 10.2. The van der Waals surface area contributed by atoms with Gasteiger partial charge in [0.25, 0.3) is 0 Å². The Morgan fingerprint density at radius 3 is 2.43 bits per heavy atom. The summed E-state index contributed by atoms with van der Waals surface area (Å²) in [5.74, 6) is -1.53. The van der Waals surface area contributed by atoms with Gasteiger partial charge in [-0.3, -0.25) is 0 Å². The molecule has 0 aliphatic heterocycles. The molecule has 0 aromatic carbocycles. The summed E-state index contributed by atoms with van der Waals surface area (Å²) in [5.41, 5.74) is 2.34. The summed E-state index contributed by atoms with van der Waals surface area (Å²) in [6.07, 6.45) is -4.74. The number of nitrogens with two attached hydrogens (primary N) is 1. The third kappa shape index (κ3) is 1.93. The highest BCUT2D eigenvalue weighted by atomic mass is 19.4. The molecule has 76 valence electrons. The minimum atomic E-state index is -4.74. The second-order valence-electron chi connectivity index (χ2n) is 2.44. The van der Waals surface area contributed by atoms with Gasteiger partial charge in [-0.1, -0.05) is 0 Å². The Morgan fingerprint density at radius 1 is 1.43 bits per heavy atom. The summed E-state index contributed by atoms with van der Waals surface area (Å²) in [4.78, 5) is 13.2. The zero-order valence-corrected chi connectivity index (χ0v) is 6.67. The number of rotatable bonds is 1. The first kappa shape index (κ1) is 10.3. The lowest BCUT2D eigenvalue weighted by Crippen LogP contribution is -2.14. The van der Waals surface area contributed by atoms with Crippen molar-refractivity contribution in [2.75, 3.05) is 5.73 Å². The van der Waals surface area contributed by atoms with Crippen LogP contribution in [0.5, 0.6) is 0 Å². The number of hydrogen-bond donors (Lipinski definition) is 2. The van der Waals surface area contributed by atoms with Crippen molar-refractivity contribution in [3.05, 3.63) is 23.5 Å². The Labute approximate surface area is 76.2 Å². The standard InChI is InChI=1S/C7H5F3N2O2/c8-7(9,10)5-3(11)1-2-4(12-5)6(13)14/h1-2H,11H2,(H,13,14). The molecule has 0 spiro atoms. The molecule has 0 atom stereocenters. The average Bonchev–Trinajstić information content (AvgIpc) is 2.02. The lowest BCUT2D eigenvalue weighted by Gasteiger charge is -2.08. The van der Waals surface area contributed by atoms with Crippen molar-refractivity contribution in [3.8, 4) is 0 Å². The Morgan fingerprint density at radius 2 is 2.00 bits per heavy atom. The Bertz CT molecular complexity index is 376. The molecule has 1 heterocycles. The fraction of sp³-hybridized carbons (Fsp3) is 0.143. The summed E-state index contributed by atoms with van der Waals surface area (Å²) in [6, 6.07) is 1.77. The van der Waals surface area contributed by atoms with Crippen molar-refractivity contribution in [1.82, 2.24) is 4.98 Å². The van der Waals surface area contributed by atoms with Crippen molar-refractivity contribution < 1.29 is 23.1 Å². The smallest absolute Gasteiger partial charge is 0.435 e. The number of anilines is 1. The molecule has 0 unspecified atom stereocenters. The number of carbonyl (C=O) groups is 1. The van der Waals surface area contributed by atoms with E-state index in [1.165, 1.54) is 0 Å². The van der Waals surface area contributed by atoms with Crippen LogP contribution in [0.3, 0.4) is 0 Å². The molecule has 0 radical (unpaired) electrons. The van der Waals surface area contributed by atoms with Gasteiger partial charge in [-0.25, -0.2) is 9.78 Å². The summed E-state index contributed by atoms with van der Waals surface area (Å²) in [6.45, 7) is 0. The van der Waals surface area contributed by atoms with E-state index in [-0.39, 0.29) is 0 Å². The predicted octanol–water partition coefficient (Wildman–Crippen LogP) is 1.38. The van der Waals surface area contributed by atoms with Crippen molar-refractivity contribution >= 4 is 11.7 Å². The minimum absolute atomic E-state index is 0.595. The Kier molecular flexibility index (Phi) is 2.33. The van der Waals surface area contributed by atoms with Gasteiger partial charge in [-0.05, 0) is 12.1 Å². The minimum Gasteiger partial charge on any atom is -0.477 e. The molecule has 0 saturated carbocycles. The number of pyridine rings is 1. The zero-order valence-electron chi connectivity index (χ0n) is 6.67. The maximum absolute atomic E-state index is 12.2. The van der Waals surface area contributed by atoms with Gasteiger partial charge in [-0.2, -0.15) is 13.2 Å². The monoisotopic (exact) mass is 206 g/mol. The fourth-order valence-electron chi connectivity index (χ4n) is 0.816. The predicted molar refractivity (Wildman–Crippen MR) is 40.6 cm³/mol. The van der Waals surface area contributed by atoms with E-state index < -0.39 is 29.2 Å². The van der Waals surface area contributed by atoms with E-state index in [0.717, 1.165) is 12.1 Å². The number of aromatic nitrogens is 1. The quantitative estimate of drug-likeness (QED) is 0.727. The molecule has 0 bridgehead atoms. The van der Waals surface area contributed by atoms with Crippen molar-refractivity contribution in [1.29, 1.82) is 0 Å².